The van der Waals surface area contributed by atoms with E-state index in [-0.39, 0.29) is 0 Å². The van der Waals surface area contributed by atoms with Gasteiger partial charge in [0.2, 0.25) is 13.8 Å². The molecule has 0 aliphatic rings. The molecule has 0 aromatic carbocycles. The minimum atomic E-state index is -1.15. The van der Waals surface area contributed by atoms with E-state index in [4.69, 9.17) is 0 Å². The van der Waals surface area contributed by atoms with E-state index < -0.39 is 10.8 Å². The maximum absolute atomic E-state index is 11.8. The van der Waals surface area contributed by atoms with Gasteiger partial charge in [-0.2, -0.15) is 13.7 Å². The van der Waals surface area contributed by atoms with Crippen LogP contribution in [0.15, 0.2) is 18.1 Å². The van der Waals surface area contributed by atoms with Crippen LogP contribution in [0, 0.1) is 0 Å². The summed E-state index contributed by atoms with van der Waals surface area (Å²) in [5, 5.41) is 0.406. The molecule has 0 spiro atoms. The molecule has 0 saturated carbocycles. The molecule has 11 heteroatoms. The van der Waals surface area contributed by atoms with Gasteiger partial charge in [0.1, 0.15) is 0 Å². The van der Waals surface area contributed by atoms with Crippen molar-refractivity contribution in [3.05, 3.63) is 9.47 Å². The van der Waals surface area contributed by atoms with Crippen molar-refractivity contribution in [3.63, 3.8) is 0 Å². The van der Waals surface area contributed by atoms with E-state index in [9.17, 15) is 4.21 Å². The predicted octanol–water partition coefficient (Wildman–Crippen LogP) is 2.77. The number of rotatable bonds is 4. The smallest absolute Gasteiger partial charge is 0.210 e. The molecule has 0 bridgehead atoms. The zero-order valence-electron chi connectivity index (χ0n) is 7.29. The summed E-state index contributed by atoms with van der Waals surface area (Å²) in [6.45, 7) is 0. The molecule has 86 valence electrons. The van der Waals surface area contributed by atoms with Crippen LogP contribution < -0.4 is 0 Å². The Morgan fingerprint density at radius 3 is 2.44 bits per heavy atom. The van der Waals surface area contributed by atoms with E-state index in [1.165, 1.54) is 23.3 Å². The fraction of sp³-hybridized carbons (Fsp3) is 0.200. The Kier molecular flexibility index (Phi) is 4.85. The fourth-order valence-electron chi connectivity index (χ4n) is 0.691. The molecule has 16 heavy (non-hydrogen) atoms. The highest BCUT2D eigenvalue weighted by atomic mass is 79.9. The molecule has 2 aromatic rings. The summed E-state index contributed by atoms with van der Waals surface area (Å²) >= 11 is 10.1. The van der Waals surface area contributed by atoms with Crippen LogP contribution in [-0.4, -0.2) is 28.0 Å². The van der Waals surface area contributed by atoms with Gasteiger partial charge in [0.05, 0.1) is 15.9 Å². The zero-order valence-corrected chi connectivity index (χ0v) is 13.7. The predicted molar refractivity (Wildman–Crippen MR) is 72.4 cm³/mol. The van der Waals surface area contributed by atoms with Crippen LogP contribution in [0.2, 0.25) is 0 Å². The molecule has 1 atom stereocenters. The molecular weight excluding hydrogens is 420 g/mol. The van der Waals surface area contributed by atoms with Crippen molar-refractivity contribution in [2.45, 2.75) is 8.68 Å². The normalized spacial score (nSPS) is 12.9. The molecule has 0 radical (unpaired) electrons. The van der Waals surface area contributed by atoms with E-state index >= 15 is 0 Å². The van der Waals surface area contributed by atoms with Crippen molar-refractivity contribution < 1.29 is 4.21 Å². The topological polar surface area (TPSA) is 68.6 Å². The summed E-state index contributed by atoms with van der Waals surface area (Å²) in [6.07, 6.45) is 0. The Morgan fingerprint density at radius 1 is 1.19 bits per heavy atom. The number of halogens is 2. The van der Waals surface area contributed by atoms with Crippen LogP contribution in [0.1, 0.15) is 0 Å². The summed E-state index contributed by atoms with van der Waals surface area (Å²) in [7, 11) is -1.15. The van der Waals surface area contributed by atoms with Gasteiger partial charge in [-0.25, -0.2) is 4.98 Å². The molecule has 0 aliphatic carbocycles. The molecule has 0 aliphatic heterocycles. The quantitative estimate of drug-likeness (QED) is 0.707. The highest BCUT2D eigenvalue weighted by molar-refractivity contribution is 9.10. The third-order valence-electron chi connectivity index (χ3n) is 1.25. The van der Waals surface area contributed by atoms with Gasteiger partial charge in [0.25, 0.3) is 0 Å². The summed E-state index contributed by atoms with van der Waals surface area (Å²) in [5.41, 5.74) is 0. The lowest BCUT2D eigenvalue weighted by Crippen LogP contribution is -1.93. The molecule has 2 rings (SSSR count). The Balaban J connectivity index is 1.93. The van der Waals surface area contributed by atoms with E-state index in [1.54, 1.807) is 0 Å². The first-order chi connectivity index (χ1) is 7.65. The largest absolute Gasteiger partial charge is 0.251 e. The van der Waals surface area contributed by atoms with Gasteiger partial charge < -0.3 is 0 Å². The van der Waals surface area contributed by atoms with Crippen LogP contribution in [-0.2, 0) is 10.8 Å². The van der Waals surface area contributed by atoms with Crippen molar-refractivity contribution >= 4 is 77.5 Å². The Morgan fingerprint density at radius 2 is 1.88 bits per heavy atom. The summed E-state index contributed by atoms with van der Waals surface area (Å²) in [5.74, 6) is 0. The maximum atomic E-state index is 11.8. The molecule has 2 heterocycles. The summed E-state index contributed by atoms with van der Waals surface area (Å²) in [6, 6.07) is 0. The lowest BCUT2D eigenvalue weighted by atomic mass is 11.3. The van der Waals surface area contributed by atoms with Crippen molar-refractivity contribution in [2.24, 2.45) is 0 Å². The molecule has 0 N–H and O–H groups in total. The fourth-order valence-corrected chi connectivity index (χ4v) is 5.80. The molecule has 2 aromatic heterocycles. The van der Waals surface area contributed by atoms with Crippen LogP contribution >= 0.6 is 66.7 Å². The van der Waals surface area contributed by atoms with E-state index in [1.807, 2.05) is 0 Å². The number of thioether (sulfide) groups is 1. The Hall–Kier alpha value is 0.580. The summed E-state index contributed by atoms with van der Waals surface area (Å²) in [4.78, 5) is 8.09. The SMILES string of the molecule is O=[S@](CSc1nc(Br)ns1)c1nc(Br)ns1. The third kappa shape index (κ3) is 3.53. The minimum Gasteiger partial charge on any atom is -0.251 e. The average Bonchev–Trinajstić information content (AvgIpc) is 2.84. The van der Waals surface area contributed by atoms with Crippen LogP contribution in [0.5, 0.6) is 0 Å². The van der Waals surface area contributed by atoms with Crippen molar-refractivity contribution in [3.8, 4) is 0 Å². The molecule has 0 unspecified atom stereocenters. The lowest BCUT2D eigenvalue weighted by molar-refractivity contribution is 0.685. The van der Waals surface area contributed by atoms with Crippen LogP contribution in [0.4, 0.5) is 0 Å². The van der Waals surface area contributed by atoms with Gasteiger partial charge in [-0.1, -0.05) is 11.8 Å². The van der Waals surface area contributed by atoms with Crippen molar-refractivity contribution in [1.29, 1.82) is 0 Å². The molecule has 5 nitrogen and oxygen atoms in total. The average molecular weight is 422 g/mol. The van der Waals surface area contributed by atoms with Crippen LogP contribution in [0.25, 0.3) is 0 Å². The van der Waals surface area contributed by atoms with Crippen molar-refractivity contribution in [1.82, 2.24) is 18.7 Å². The highest BCUT2D eigenvalue weighted by Crippen LogP contribution is 2.25. The Labute approximate surface area is 123 Å². The first-order valence-corrected chi connectivity index (χ1v) is 9.08. The number of nitrogens with zero attached hydrogens (tertiary/aromatic N) is 4. The van der Waals surface area contributed by atoms with Crippen molar-refractivity contribution in [2.75, 3.05) is 5.08 Å². The molecule has 0 amide bonds. The standard InChI is InChI=1S/C5H2Br2N4OS4/c6-2-8-4(14-10-2)13-1-16(12)5-9-3(7)11-15-5/h1H2/t16-/m1/s1. The van der Waals surface area contributed by atoms with E-state index in [0.717, 1.165) is 15.9 Å². The number of hydrogen-bond acceptors (Lipinski definition) is 8. The van der Waals surface area contributed by atoms with E-state index in [2.05, 4.69) is 50.6 Å². The highest BCUT2D eigenvalue weighted by Gasteiger charge is 2.12. The van der Waals surface area contributed by atoms with Gasteiger partial charge in [0.15, 0.2) is 4.34 Å². The van der Waals surface area contributed by atoms with Gasteiger partial charge in [-0.3, -0.25) is 4.21 Å². The van der Waals surface area contributed by atoms with E-state index in [0.29, 0.717) is 18.9 Å². The maximum Gasteiger partial charge on any atom is 0.210 e. The molecular formula is C5H2Br2N4OS4. The number of aromatic nitrogens is 4. The first kappa shape index (κ1) is 13.0. The summed E-state index contributed by atoms with van der Waals surface area (Å²) < 4.78 is 22.0. The van der Waals surface area contributed by atoms with Gasteiger partial charge >= 0.3 is 0 Å². The molecule has 0 saturated heterocycles. The lowest BCUT2D eigenvalue weighted by Gasteiger charge is -1.93. The number of hydrogen-bond donors (Lipinski definition) is 0. The second-order valence-corrected chi connectivity index (χ2v) is 8.40. The first-order valence-electron chi connectivity index (χ1n) is 3.65. The monoisotopic (exact) mass is 420 g/mol. The van der Waals surface area contributed by atoms with Gasteiger partial charge in [-0.15, -0.1) is 0 Å². The van der Waals surface area contributed by atoms with Crippen LogP contribution in [0.3, 0.4) is 0 Å². The van der Waals surface area contributed by atoms with Gasteiger partial charge in [-0.05, 0) is 54.9 Å². The van der Waals surface area contributed by atoms with Gasteiger partial charge in [0, 0.05) is 0 Å². The minimum absolute atomic E-state index is 0.406. The second-order valence-electron chi connectivity index (χ2n) is 2.27. The molecule has 0 fully saturated rings. The third-order valence-corrected chi connectivity index (χ3v) is 6.96. The second kappa shape index (κ2) is 5.96. The Bertz CT molecular complexity index is 514. The zero-order chi connectivity index (χ0) is 11.5.